The highest BCUT2D eigenvalue weighted by molar-refractivity contribution is 7.08. The number of hydrogen-bond donors (Lipinski definition) is 2. The zero-order valence-corrected chi connectivity index (χ0v) is 13.4. The van der Waals surface area contributed by atoms with Gasteiger partial charge in [0.05, 0.1) is 18.1 Å². The maximum atomic E-state index is 11.8. The third-order valence-electron chi connectivity index (χ3n) is 4.11. The lowest BCUT2D eigenvalue weighted by Gasteiger charge is -2.22. The lowest BCUT2D eigenvalue weighted by atomic mass is 10.1. The van der Waals surface area contributed by atoms with E-state index in [0.29, 0.717) is 5.70 Å². The van der Waals surface area contributed by atoms with Crippen molar-refractivity contribution in [3.05, 3.63) is 52.9 Å². The number of thiophene rings is 1. The van der Waals surface area contributed by atoms with Gasteiger partial charge in [0, 0.05) is 12.7 Å². The van der Waals surface area contributed by atoms with Gasteiger partial charge in [-0.05, 0) is 46.2 Å². The number of likely N-dealkylation sites (N-methyl/N-ethyl adjacent to an activating group) is 1. The van der Waals surface area contributed by atoms with Crippen molar-refractivity contribution in [3.8, 4) is 11.1 Å². The van der Waals surface area contributed by atoms with Crippen molar-refractivity contribution in [2.24, 2.45) is 4.99 Å². The Labute approximate surface area is 138 Å². The van der Waals surface area contributed by atoms with E-state index in [0.717, 1.165) is 5.69 Å². The Morgan fingerprint density at radius 2 is 2.26 bits per heavy atom. The van der Waals surface area contributed by atoms with Crippen LogP contribution in [-0.2, 0) is 4.79 Å². The Morgan fingerprint density at radius 3 is 3.04 bits per heavy atom. The van der Waals surface area contributed by atoms with Gasteiger partial charge in [0.2, 0.25) is 0 Å². The molecule has 0 bridgehead atoms. The van der Waals surface area contributed by atoms with E-state index in [9.17, 15) is 4.79 Å². The largest absolute Gasteiger partial charge is 0.358 e. The summed E-state index contributed by atoms with van der Waals surface area (Å²) >= 11 is 1.69. The number of fused-ring (bicyclic) bond motifs is 1. The van der Waals surface area contributed by atoms with E-state index in [1.807, 2.05) is 12.4 Å². The predicted octanol–water partition coefficient (Wildman–Crippen LogP) is 2.19. The van der Waals surface area contributed by atoms with Crippen molar-refractivity contribution in [1.82, 2.24) is 10.6 Å². The summed E-state index contributed by atoms with van der Waals surface area (Å²) < 4.78 is 0. The van der Waals surface area contributed by atoms with E-state index in [1.54, 1.807) is 18.4 Å². The van der Waals surface area contributed by atoms with Crippen LogP contribution in [0.5, 0.6) is 0 Å². The molecule has 1 aromatic carbocycles. The molecule has 0 aliphatic carbocycles. The second-order valence-electron chi connectivity index (χ2n) is 5.47. The highest BCUT2D eigenvalue weighted by Crippen LogP contribution is 2.31. The zero-order chi connectivity index (χ0) is 15.8. The second-order valence-corrected chi connectivity index (χ2v) is 6.25. The Bertz CT molecular complexity index is 797. The third kappa shape index (κ3) is 2.41. The molecule has 116 valence electrons. The van der Waals surface area contributed by atoms with E-state index in [4.69, 9.17) is 0 Å². The third-order valence-corrected chi connectivity index (χ3v) is 4.79. The molecule has 0 spiro atoms. The molecule has 2 aromatic rings. The zero-order valence-electron chi connectivity index (χ0n) is 12.6. The van der Waals surface area contributed by atoms with Crippen LogP contribution in [0.3, 0.4) is 0 Å². The maximum absolute atomic E-state index is 11.8. The number of carbonyl (C=O) groups excluding carboxylic acids is 1. The van der Waals surface area contributed by atoms with Crippen LogP contribution < -0.4 is 15.5 Å². The van der Waals surface area contributed by atoms with Gasteiger partial charge in [0.1, 0.15) is 6.17 Å². The minimum Gasteiger partial charge on any atom is -0.358 e. The number of aliphatic imine (C=N–C) groups is 1. The lowest BCUT2D eigenvalue weighted by Crippen LogP contribution is -2.37. The first-order chi connectivity index (χ1) is 11.3. The monoisotopic (exact) mass is 324 g/mol. The topological polar surface area (TPSA) is 56.7 Å². The highest BCUT2D eigenvalue weighted by atomic mass is 32.1. The van der Waals surface area contributed by atoms with E-state index < -0.39 is 0 Å². The van der Waals surface area contributed by atoms with E-state index in [-0.39, 0.29) is 18.1 Å². The molecular weight excluding hydrogens is 308 g/mol. The van der Waals surface area contributed by atoms with Crippen LogP contribution in [-0.4, -0.2) is 31.5 Å². The van der Waals surface area contributed by atoms with E-state index >= 15 is 0 Å². The molecular formula is C17H16N4OS. The van der Waals surface area contributed by atoms with Crippen LogP contribution in [0.15, 0.2) is 57.9 Å². The molecule has 2 unspecified atom stereocenters. The minimum atomic E-state index is -0.110. The molecule has 0 fully saturated rings. The van der Waals surface area contributed by atoms with Crippen LogP contribution >= 0.6 is 11.3 Å². The maximum Gasteiger partial charge on any atom is 0.266 e. The molecule has 2 N–H and O–H groups in total. The number of amides is 1. The van der Waals surface area contributed by atoms with Gasteiger partial charge in [-0.2, -0.15) is 11.3 Å². The molecule has 2 atom stereocenters. The van der Waals surface area contributed by atoms with Gasteiger partial charge in [-0.25, -0.2) is 4.99 Å². The first-order valence-corrected chi connectivity index (χ1v) is 8.35. The fourth-order valence-corrected chi connectivity index (χ4v) is 3.59. The van der Waals surface area contributed by atoms with Gasteiger partial charge in [-0.1, -0.05) is 12.1 Å². The number of hydrogen-bond acceptors (Lipinski definition) is 5. The van der Waals surface area contributed by atoms with E-state index in [1.165, 1.54) is 11.1 Å². The van der Waals surface area contributed by atoms with Gasteiger partial charge in [0.25, 0.3) is 5.91 Å². The Morgan fingerprint density at radius 1 is 1.35 bits per heavy atom. The van der Waals surface area contributed by atoms with Crippen LogP contribution in [0.2, 0.25) is 0 Å². The normalized spacial score (nSPS) is 21.8. The minimum absolute atomic E-state index is 0.0278. The number of rotatable bonds is 3. The summed E-state index contributed by atoms with van der Waals surface area (Å²) in [5.41, 5.74) is 4.05. The highest BCUT2D eigenvalue weighted by Gasteiger charge is 2.36. The first kappa shape index (κ1) is 14.0. The summed E-state index contributed by atoms with van der Waals surface area (Å²) in [5.74, 6) is -0.110. The number of nitrogens with zero attached hydrogens (tertiary/aromatic N) is 2. The predicted molar refractivity (Wildman–Crippen MR) is 93.6 cm³/mol. The Balaban J connectivity index is 1.64. The van der Waals surface area contributed by atoms with Crippen molar-refractivity contribution >= 4 is 29.3 Å². The number of nitrogens with one attached hydrogen (secondary N) is 2. The van der Waals surface area contributed by atoms with Crippen LogP contribution in [0, 0.1) is 0 Å². The Hall–Kier alpha value is -2.60. The molecule has 2 aliphatic rings. The standard InChI is InChI=1S/C17H16N4OS/c1-18-17(22)14-8-15-16(20-14)19-10-21(15)13-4-2-3-11(7-13)12-5-6-23-9-12/h2-10,15-16,20H,1H3,(H,18,22). The van der Waals surface area contributed by atoms with Crippen molar-refractivity contribution < 1.29 is 4.79 Å². The first-order valence-electron chi connectivity index (χ1n) is 7.41. The average molecular weight is 324 g/mol. The van der Waals surface area contributed by atoms with Crippen LogP contribution in [0.25, 0.3) is 11.1 Å². The summed E-state index contributed by atoms with van der Waals surface area (Å²) in [6.07, 6.45) is 3.67. The molecule has 6 heteroatoms. The van der Waals surface area contributed by atoms with Crippen LogP contribution in [0.1, 0.15) is 0 Å². The molecule has 5 nitrogen and oxygen atoms in total. The van der Waals surface area contributed by atoms with Crippen molar-refractivity contribution in [3.63, 3.8) is 0 Å². The average Bonchev–Trinajstić information content (AvgIpc) is 3.30. The number of benzene rings is 1. The molecule has 23 heavy (non-hydrogen) atoms. The molecule has 0 saturated carbocycles. The summed E-state index contributed by atoms with van der Waals surface area (Å²) in [4.78, 5) is 18.4. The van der Waals surface area contributed by atoms with Gasteiger partial charge >= 0.3 is 0 Å². The van der Waals surface area contributed by atoms with Gasteiger partial charge in [0.15, 0.2) is 0 Å². The second kappa shape index (κ2) is 5.55. The molecule has 4 rings (SSSR count). The van der Waals surface area contributed by atoms with Gasteiger partial charge in [-0.3, -0.25) is 4.79 Å². The quantitative estimate of drug-likeness (QED) is 0.910. The fourth-order valence-electron chi connectivity index (χ4n) is 2.92. The summed E-state index contributed by atoms with van der Waals surface area (Å²) in [6.45, 7) is 0. The molecule has 0 saturated heterocycles. The van der Waals surface area contributed by atoms with E-state index in [2.05, 4.69) is 61.6 Å². The van der Waals surface area contributed by atoms with Gasteiger partial charge < -0.3 is 15.5 Å². The molecule has 1 aromatic heterocycles. The number of anilines is 1. The summed E-state index contributed by atoms with van der Waals surface area (Å²) in [5, 5.41) is 10.0. The smallest absolute Gasteiger partial charge is 0.266 e. The van der Waals surface area contributed by atoms with Crippen molar-refractivity contribution in [2.45, 2.75) is 12.2 Å². The summed E-state index contributed by atoms with van der Waals surface area (Å²) in [7, 11) is 1.63. The van der Waals surface area contributed by atoms with Crippen molar-refractivity contribution in [1.29, 1.82) is 0 Å². The fraction of sp³-hybridized carbons (Fsp3) is 0.176. The summed E-state index contributed by atoms with van der Waals surface area (Å²) in [6, 6.07) is 10.5. The van der Waals surface area contributed by atoms with Gasteiger partial charge in [-0.15, -0.1) is 0 Å². The molecule has 2 aliphatic heterocycles. The number of carbonyl (C=O) groups is 1. The SMILES string of the molecule is CNC(=O)C1=CC2C(N=CN2c2cccc(-c3ccsc3)c2)N1. The molecule has 3 heterocycles. The van der Waals surface area contributed by atoms with Crippen molar-refractivity contribution in [2.75, 3.05) is 11.9 Å². The Kier molecular flexibility index (Phi) is 3.38. The molecule has 0 radical (unpaired) electrons. The lowest BCUT2D eigenvalue weighted by molar-refractivity contribution is -0.117. The van der Waals surface area contributed by atoms with Crippen LogP contribution in [0.4, 0.5) is 5.69 Å². The molecule has 1 amide bonds.